The summed E-state index contributed by atoms with van der Waals surface area (Å²) in [6.45, 7) is 2.68. The molecular weight excluding hydrogens is 360 g/mol. The number of benzene rings is 2. The molecular formula is C24H34N4O. The zero-order valence-corrected chi connectivity index (χ0v) is 17.6. The highest BCUT2D eigenvalue weighted by Gasteiger charge is 2.14. The van der Waals surface area contributed by atoms with Gasteiger partial charge in [-0.3, -0.25) is 0 Å². The van der Waals surface area contributed by atoms with Crippen LogP contribution in [0.4, 0.5) is 0 Å². The van der Waals surface area contributed by atoms with Gasteiger partial charge in [0.05, 0.1) is 0 Å². The molecule has 156 valence electrons. The van der Waals surface area contributed by atoms with Crippen molar-refractivity contribution < 1.29 is 5.11 Å². The first-order valence-corrected chi connectivity index (χ1v) is 11.1. The van der Waals surface area contributed by atoms with Crippen LogP contribution in [0.25, 0.3) is 16.7 Å². The number of fused-ring (bicyclic) bond motifs is 1. The van der Waals surface area contributed by atoms with E-state index in [0.717, 1.165) is 35.0 Å². The van der Waals surface area contributed by atoms with Crippen molar-refractivity contribution in [1.82, 2.24) is 15.0 Å². The highest BCUT2D eigenvalue weighted by molar-refractivity contribution is 5.73. The number of nitrogens with zero attached hydrogens (tertiary/aromatic N) is 3. The molecule has 5 nitrogen and oxygen atoms in total. The summed E-state index contributed by atoms with van der Waals surface area (Å²) >= 11 is 0. The number of unbranched alkanes of at least 4 members (excludes halogenated alkanes) is 8. The molecule has 3 rings (SSSR count). The average molecular weight is 395 g/mol. The molecule has 1 aromatic heterocycles. The van der Waals surface area contributed by atoms with Gasteiger partial charge in [-0.15, -0.1) is 15.0 Å². The van der Waals surface area contributed by atoms with E-state index in [-0.39, 0.29) is 5.75 Å². The van der Waals surface area contributed by atoms with E-state index in [4.69, 9.17) is 5.73 Å². The van der Waals surface area contributed by atoms with Crippen molar-refractivity contribution in [3.05, 3.63) is 47.5 Å². The van der Waals surface area contributed by atoms with Gasteiger partial charge < -0.3 is 10.8 Å². The van der Waals surface area contributed by atoms with Crippen molar-refractivity contribution in [2.75, 3.05) is 0 Å². The maximum Gasteiger partial charge on any atom is 0.146 e. The summed E-state index contributed by atoms with van der Waals surface area (Å²) in [7, 11) is 0. The number of phenols is 1. The molecule has 0 saturated heterocycles. The lowest BCUT2D eigenvalue weighted by Gasteiger charge is -2.12. The van der Waals surface area contributed by atoms with Crippen LogP contribution >= 0.6 is 0 Å². The van der Waals surface area contributed by atoms with E-state index in [9.17, 15) is 5.11 Å². The molecule has 0 aliphatic carbocycles. The summed E-state index contributed by atoms with van der Waals surface area (Å²) in [6, 6.07) is 11.6. The van der Waals surface area contributed by atoms with Crippen molar-refractivity contribution >= 4 is 11.0 Å². The molecule has 0 atom stereocenters. The molecule has 0 spiro atoms. The molecule has 3 N–H and O–H groups in total. The lowest BCUT2D eigenvalue weighted by atomic mass is 10.0. The van der Waals surface area contributed by atoms with E-state index >= 15 is 0 Å². The second-order valence-corrected chi connectivity index (χ2v) is 7.88. The fourth-order valence-electron chi connectivity index (χ4n) is 3.80. The molecule has 0 amide bonds. The van der Waals surface area contributed by atoms with E-state index in [0.29, 0.717) is 12.2 Å². The minimum atomic E-state index is 0.266. The summed E-state index contributed by atoms with van der Waals surface area (Å²) in [5, 5.41) is 19.9. The second-order valence-electron chi connectivity index (χ2n) is 7.88. The number of aromatic nitrogens is 3. The number of rotatable bonds is 12. The molecule has 5 heteroatoms. The number of nitrogens with two attached hydrogens (primary N) is 1. The highest BCUT2D eigenvalue weighted by atomic mass is 16.3. The van der Waals surface area contributed by atoms with Crippen molar-refractivity contribution in [1.29, 1.82) is 0 Å². The van der Waals surface area contributed by atoms with Crippen molar-refractivity contribution in [2.45, 2.75) is 77.7 Å². The number of aryl methyl sites for hydroxylation is 1. The largest absolute Gasteiger partial charge is 0.505 e. The van der Waals surface area contributed by atoms with Crippen LogP contribution in [0.5, 0.6) is 5.75 Å². The quantitative estimate of drug-likeness (QED) is 0.389. The third kappa shape index (κ3) is 5.80. The molecule has 3 aromatic rings. The standard InChI is InChI=1S/C24H34N4O/c1-2-3-4-5-6-7-8-9-10-13-20-16-19(18-25)17-23(24(20)29)28-26-21-14-11-12-15-22(21)27-28/h11-12,14-17,29H,2-10,13,18,25H2,1H3. The van der Waals surface area contributed by atoms with Crippen LogP contribution in [0.1, 0.15) is 75.8 Å². The van der Waals surface area contributed by atoms with E-state index in [1.807, 2.05) is 36.4 Å². The summed E-state index contributed by atoms with van der Waals surface area (Å²) in [4.78, 5) is 1.53. The molecule has 0 unspecified atom stereocenters. The molecule has 0 aliphatic heterocycles. The van der Waals surface area contributed by atoms with Gasteiger partial charge in [0.2, 0.25) is 0 Å². The lowest BCUT2D eigenvalue weighted by Crippen LogP contribution is -2.05. The van der Waals surface area contributed by atoms with Crippen LogP contribution in [-0.2, 0) is 13.0 Å². The highest BCUT2D eigenvalue weighted by Crippen LogP contribution is 2.29. The third-order valence-corrected chi connectivity index (χ3v) is 5.52. The van der Waals surface area contributed by atoms with Gasteiger partial charge in [0.1, 0.15) is 22.5 Å². The predicted molar refractivity (Wildman–Crippen MR) is 119 cm³/mol. The molecule has 0 fully saturated rings. The van der Waals surface area contributed by atoms with Crippen LogP contribution < -0.4 is 5.73 Å². The van der Waals surface area contributed by atoms with Gasteiger partial charge in [-0.1, -0.05) is 76.5 Å². The van der Waals surface area contributed by atoms with Gasteiger partial charge >= 0.3 is 0 Å². The Labute approximate surface area is 173 Å². The van der Waals surface area contributed by atoms with Crippen molar-refractivity contribution in [2.24, 2.45) is 5.73 Å². The van der Waals surface area contributed by atoms with Crippen molar-refractivity contribution in [3.63, 3.8) is 0 Å². The van der Waals surface area contributed by atoms with Crippen LogP contribution in [0, 0.1) is 0 Å². The number of aromatic hydroxyl groups is 1. The maximum atomic E-state index is 10.9. The smallest absolute Gasteiger partial charge is 0.146 e. The summed E-state index contributed by atoms with van der Waals surface area (Å²) in [5.41, 5.74) is 10.1. The molecule has 1 heterocycles. The monoisotopic (exact) mass is 394 g/mol. The third-order valence-electron chi connectivity index (χ3n) is 5.52. The van der Waals surface area contributed by atoms with Gasteiger partial charge in [-0.05, 0) is 42.2 Å². The molecule has 0 saturated carbocycles. The Morgan fingerprint density at radius 2 is 1.45 bits per heavy atom. The maximum absolute atomic E-state index is 10.9. The second kappa shape index (κ2) is 11.0. The number of hydrogen-bond acceptors (Lipinski definition) is 4. The normalized spacial score (nSPS) is 11.4. The molecule has 29 heavy (non-hydrogen) atoms. The van der Waals surface area contributed by atoms with E-state index in [1.165, 1.54) is 56.2 Å². The van der Waals surface area contributed by atoms with Gasteiger partial charge in [0, 0.05) is 6.54 Å². The Hall–Kier alpha value is -2.40. The molecule has 0 radical (unpaired) electrons. The summed E-state index contributed by atoms with van der Waals surface area (Å²) in [6.07, 6.45) is 12.4. The predicted octanol–water partition coefficient (Wildman–Crippen LogP) is 5.66. The topological polar surface area (TPSA) is 77.0 Å². The fraction of sp³-hybridized carbons (Fsp3) is 0.500. The van der Waals surface area contributed by atoms with Crippen LogP contribution in [0.3, 0.4) is 0 Å². The Morgan fingerprint density at radius 1 is 0.862 bits per heavy atom. The van der Waals surface area contributed by atoms with Gasteiger partial charge in [-0.2, -0.15) is 0 Å². The zero-order valence-electron chi connectivity index (χ0n) is 17.6. The zero-order chi connectivity index (χ0) is 20.5. The minimum Gasteiger partial charge on any atom is -0.505 e. The van der Waals surface area contributed by atoms with Gasteiger partial charge in [-0.25, -0.2) is 0 Å². The fourth-order valence-corrected chi connectivity index (χ4v) is 3.80. The first kappa shape index (κ1) is 21.3. The summed E-state index contributed by atoms with van der Waals surface area (Å²) < 4.78 is 0. The van der Waals surface area contributed by atoms with E-state index < -0.39 is 0 Å². The molecule has 0 bridgehead atoms. The first-order valence-electron chi connectivity index (χ1n) is 11.1. The Morgan fingerprint density at radius 3 is 2.03 bits per heavy atom. The van der Waals surface area contributed by atoms with Crippen molar-refractivity contribution in [3.8, 4) is 11.4 Å². The van der Waals surface area contributed by atoms with Gasteiger partial charge in [0.15, 0.2) is 0 Å². The van der Waals surface area contributed by atoms with Crippen LogP contribution in [0.2, 0.25) is 0 Å². The Bertz CT molecular complexity index is 870. The number of hydrogen-bond donors (Lipinski definition) is 2. The van der Waals surface area contributed by atoms with E-state index in [1.54, 1.807) is 0 Å². The van der Waals surface area contributed by atoms with E-state index in [2.05, 4.69) is 17.1 Å². The lowest BCUT2D eigenvalue weighted by molar-refractivity contribution is 0.458. The molecule has 2 aromatic carbocycles. The SMILES string of the molecule is CCCCCCCCCCCc1cc(CN)cc(-n2nc3ccccc3n2)c1O. The number of phenolic OH excluding ortho intramolecular Hbond substituents is 1. The Kier molecular flexibility index (Phi) is 8.05. The molecule has 0 aliphatic rings. The Balaban J connectivity index is 1.61. The average Bonchev–Trinajstić information content (AvgIpc) is 3.17. The van der Waals surface area contributed by atoms with Crippen LogP contribution in [-0.4, -0.2) is 20.1 Å². The first-order chi connectivity index (χ1) is 14.2. The van der Waals surface area contributed by atoms with Crippen LogP contribution in [0.15, 0.2) is 36.4 Å². The minimum absolute atomic E-state index is 0.266. The van der Waals surface area contributed by atoms with Gasteiger partial charge in [0.25, 0.3) is 0 Å². The summed E-state index contributed by atoms with van der Waals surface area (Å²) in [5.74, 6) is 0.266.